The predicted molar refractivity (Wildman–Crippen MR) is 86.8 cm³/mol. The molecular formula is C16H10ClN3O3. The molecule has 0 spiro atoms. The van der Waals surface area contributed by atoms with Crippen LogP contribution in [-0.4, -0.2) is 10.8 Å². The van der Waals surface area contributed by atoms with Crippen molar-refractivity contribution in [1.82, 2.24) is 0 Å². The number of benzene rings is 2. The van der Waals surface area contributed by atoms with Gasteiger partial charge in [-0.3, -0.25) is 14.9 Å². The number of non-ortho nitro benzene ring substituents is 1. The van der Waals surface area contributed by atoms with Gasteiger partial charge in [0.1, 0.15) is 11.6 Å². The maximum absolute atomic E-state index is 12.1. The van der Waals surface area contributed by atoms with Gasteiger partial charge in [-0.05, 0) is 35.9 Å². The highest BCUT2D eigenvalue weighted by molar-refractivity contribution is 6.34. The summed E-state index contributed by atoms with van der Waals surface area (Å²) in [4.78, 5) is 22.2. The number of nitro groups is 1. The van der Waals surface area contributed by atoms with Crippen LogP contribution < -0.4 is 5.32 Å². The second-order valence-corrected chi connectivity index (χ2v) is 4.86. The number of hydrogen-bond acceptors (Lipinski definition) is 4. The number of nitrogens with zero attached hydrogens (tertiary/aromatic N) is 2. The average Bonchev–Trinajstić information content (AvgIpc) is 2.55. The van der Waals surface area contributed by atoms with Crippen LogP contribution in [0.5, 0.6) is 0 Å². The first-order valence-corrected chi connectivity index (χ1v) is 6.81. The minimum atomic E-state index is -0.612. The van der Waals surface area contributed by atoms with Gasteiger partial charge in [-0.15, -0.1) is 0 Å². The Morgan fingerprint density at radius 1 is 1.22 bits per heavy atom. The highest BCUT2D eigenvalue weighted by Crippen LogP contribution is 2.21. The van der Waals surface area contributed by atoms with Crippen molar-refractivity contribution in [3.63, 3.8) is 0 Å². The molecule has 0 aromatic heterocycles. The molecule has 0 saturated heterocycles. The number of halogens is 1. The number of nitriles is 1. The molecule has 0 unspecified atom stereocenters. The Morgan fingerprint density at radius 3 is 2.43 bits per heavy atom. The molecule has 0 radical (unpaired) electrons. The second kappa shape index (κ2) is 7.20. The zero-order valence-electron chi connectivity index (χ0n) is 11.7. The van der Waals surface area contributed by atoms with Gasteiger partial charge in [0.15, 0.2) is 0 Å². The molecule has 2 aromatic carbocycles. The number of rotatable bonds is 4. The van der Waals surface area contributed by atoms with Gasteiger partial charge in [-0.1, -0.05) is 23.7 Å². The van der Waals surface area contributed by atoms with Crippen LogP contribution in [0.25, 0.3) is 6.08 Å². The Morgan fingerprint density at radius 2 is 1.87 bits per heavy atom. The van der Waals surface area contributed by atoms with Crippen LogP contribution in [-0.2, 0) is 4.79 Å². The van der Waals surface area contributed by atoms with Crippen molar-refractivity contribution >= 4 is 35.0 Å². The average molecular weight is 328 g/mol. The topological polar surface area (TPSA) is 96.0 Å². The van der Waals surface area contributed by atoms with Crippen molar-refractivity contribution in [1.29, 1.82) is 5.26 Å². The molecule has 0 aliphatic carbocycles. The molecule has 2 aromatic rings. The Kier molecular flexibility index (Phi) is 5.07. The lowest BCUT2D eigenvalue weighted by molar-refractivity contribution is -0.384. The van der Waals surface area contributed by atoms with Crippen molar-refractivity contribution in [3.05, 3.63) is 74.8 Å². The van der Waals surface area contributed by atoms with Crippen LogP contribution >= 0.6 is 11.6 Å². The van der Waals surface area contributed by atoms with Crippen LogP contribution in [0.2, 0.25) is 5.02 Å². The van der Waals surface area contributed by atoms with Gasteiger partial charge in [-0.25, -0.2) is 0 Å². The molecule has 114 valence electrons. The van der Waals surface area contributed by atoms with Gasteiger partial charge >= 0.3 is 0 Å². The monoisotopic (exact) mass is 327 g/mol. The molecule has 0 saturated carbocycles. The van der Waals surface area contributed by atoms with Crippen molar-refractivity contribution in [2.24, 2.45) is 0 Å². The fourth-order valence-corrected chi connectivity index (χ4v) is 1.94. The quantitative estimate of drug-likeness (QED) is 0.400. The van der Waals surface area contributed by atoms with E-state index in [-0.39, 0.29) is 11.3 Å². The number of nitrogens with one attached hydrogen (secondary N) is 1. The third kappa shape index (κ3) is 4.15. The van der Waals surface area contributed by atoms with E-state index in [0.29, 0.717) is 16.3 Å². The molecule has 0 aliphatic rings. The van der Waals surface area contributed by atoms with Crippen LogP contribution in [0.4, 0.5) is 11.4 Å². The summed E-state index contributed by atoms with van der Waals surface area (Å²) in [5.41, 5.74) is 0.686. The summed E-state index contributed by atoms with van der Waals surface area (Å²) in [6, 6.07) is 14.0. The molecule has 2 rings (SSSR count). The summed E-state index contributed by atoms with van der Waals surface area (Å²) < 4.78 is 0. The van der Waals surface area contributed by atoms with Crippen LogP contribution in [0.15, 0.2) is 54.1 Å². The van der Waals surface area contributed by atoms with E-state index in [4.69, 9.17) is 16.9 Å². The molecule has 6 nitrogen and oxygen atoms in total. The second-order valence-electron chi connectivity index (χ2n) is 4.45. The lowest BCUT2D eigenvalue weighted by atomic mass is 10.1. The zero-order chi connectivity index (χ0) is 16.8. The van der Waals surface area contributed by atoms with Gasteiger partial charge in [0.05, 0.1) is 15.6 Å². The number of carbonyl (C=O) groups is 1. The van der Waals surface area contributed by atoms with Crippen molar-refractivity contribution in [2.75, 3.05) is 5.32 Å². The molecule has 0 aliphatic heterocycles. The van der Waals surface area contributed by atoms with Gasteiger partial charge in [0.25, 0.3) is 11.6 Å². The van der Waals surface area contributed by atoms with E-state index in [1.165, 1.54) is 30.3 Å². The fourth-order valence-electron chi connectivity index (χ4n) is 1.76. The zero-order valence-corrected chi connectivity index (χ0v) is 12.4. The third-order valence-electron chi connectivity index (χ3n) is 2.90. The fraction of sp³-hybridized carbons (Fsp3) is 0. The first-order valence-electron chi connectivity index (χ1n) is 6.43. The molecule has 23 heavy (non-hydrogen) atoms. The van der Waals surface area contributed by atoms with Crippen LogP contribution in [0.1, 0.15) is 5.56 Å². The largest absolute Gasteiger partial charge is 0.320 e. The maximum atomic E-state index is 12.1. The van der Waals surface area contributed by atoms with E-state index < -0.39 is 10.8 Å². The molecule has 0 bridgehead atoms. The van der Waals surface area contributed by atoms with E-state index in [1.807, 2.05) is 0 Å². The minimum absolute atomic E-state index is 0.0684. The Bertz CT molecular complexity index is 823. The van der Waals surface area contributed by atoms with Gasteiger partial charge in [-0.2, -0.15) is 5.26 Å². The molecule has 1 amide bonds. The predicted octanol–water partition coefficient (Wildman–Crippen LogP) is 3.79. The lowest BCUT2D eigenvalue weighted by Crippen LogP contribution is -2.13. The summed E-state index contributed by atoms with van der Waals surface area (Å²) in [6.45, 7) is 0. The number of carbonyl (C=O) groups excluding carboxylic acids is 1. The van der Waals surface area contributed by atoms with E-state index in [2.05, 4.69) is 5.32 Å². The van der Waals surface area contributed by atoms with Gasteiger partial charge in [0, 0.05) is 12.1 Å². The summed E-state index contributed by atoms with van der Waals surface area (Å²) in [6.07, 6.45) is 1.34. The van der Waals surface area contributed by atoms with E-state index in [1.54, 1.807) is 30.3 Å². The SMILES string of the molecule is N#C/C(=C\c1ccc([N+](=O)[O-])cc1)C(=O)Nc1ccccc1Cl. The first-order chi connectivity index (χ1) is 11.0. The summed E-state index contributed by atoms with van der Waals surface area (Å²) >= 11 is 5.94. The number of hydrogen-bond donors (Lipinski definition) is 1. The summed E-state index contributed by atoms with van der Waals surface area (Å²) in [5.74, 6) is -0.612. The summed E-state index contributed by atoms with van der Waals surface area (Å²) in [5, 5.41) is 22.6. The van der Waals surface area contributed by atoms with Crippen molar-refractivity contribution in [3.8, 4) is 6.07 Å². The first kappa shape index (κ1) is 16.2. The number of amides is 1. The van der Waals surface area contributed by atoms with Crippen LogP contribution in [0.3, 0.4) is 0 Å². The molecular weight excluding hydrogens is 318 g/mol. The van der Waals surface area contributed by atoms with E-state index in [0.717, 1.165) is 0 Å². The van der Waals surface area contributed by atoms with Crippen molar-refractivity contribution < 1.29 is 9.72 Å². The van der Waals surface area contributed by atoms with Crippen LogP contribution in [0, 0.1) is 21.4 Å². The third-order valence-corrected chi connectivity index (χ3v) is 3.23. The Labute approximate surface area is 136 Å². The highest BCUT2D eigenvalue weighted by atomic mass is 35.5. The van der Waals surface area contributed by atoms with Crippen molar-refractivity contribution in [2.45, 2.75) is 0 Å². The highest BCUT2D eigenvalue weighted by Gasteiger charge is 2.11. The molecule has 7 heteroatoms. The normalized spacial score (nSPS) is 10.7. The van der Waals surface area contributed by atoms with E-state index >= 15 is 0 Å². The smallest absolute Gasteiger partial charge is 0.269 e. The Hall–Kier alpha value is -3.17. The summed E-state index contributed by atoms with van der Waals surface area (Å²) in [7, 11) is 0. The lowest BCUT2D eigenvalue weighted by Gasteiger charge is -2.06. The molecule has 0 fully saturated rings. The van der Waals surface area contributed by atoms with Gasteiger partial charge in [0.2, 0.25) is 0 Å². The Balaban J connectivity index is 2.21. The molecule has 0 heterocycles. The minimum Gasteiger partial charge on any atom is -0.320 e. The molecule has 0 atom stereocenters. The number of nitro benzene ring substituents is 1. The maximum Gasteiger partial charge on any atom is 0.269 e. The number of para-hydroxylation sites is 1. The van der Waals surface area contributed by atoms with E-state index in [9.17, 15) is 14.9 Å². The standard InChI is InChI=1S/C16H10ClN3O3/c17-14-3-1-2-4-15(14)19-16(21)12(10-18)9-11-5-7-13(8-6-11)20(22)23/h1-9H,(H,19,21)/b12-9+. The molecule has 1 N–H and O–H groups in total. The van der Waals surface area contributed by atoms with Gasteiger partial charge < -0.3 is 5.32 Å². The number of anilines is 1.